The van der Waals surface area contributed by atoms with E-state index < -0.39 is 0 Å². The number of aliphatic hydroxyl groups is 1. The molecule has 3 atom stereocenters. The van der Waals surface area contributed by atoms with Crippen molar-refractivity contribution in [3.63, 3.8) is 0 Å². The van der Waals surface area contributed by atoms with Crippen molar-refractivity contribution >= 4 is 23.4 Å². The number of rotatable bonds is 6. The predicted molar refractivity (Wildman–Crippen MR) is 137 cm³/mol. The zero-order valence-corrected chi connectivity index (χ0v) is 21.9. The molecule has 0 aliphatic carbocycles. The van der Waals surface area contributed by atoms with Crippen LogP contribution in [-0.4, -0.2) is 78.8 Å². The lowest BCUT2D eigenvalue weighted by atomic mass is 9.77. The second-order valence-electron chi connectivity index (χ2n) is 10.7. The van der Waals surface area contributed by atoms with E-state index in [9.17, 15) is 5.11 Å². The number of aromatic nitrogens is 3. The van der Waals surface area contributed by atoms with E-state index >= 15 is 0 Å². The van der Waals surface area contributed by atoms with Crippen molar-refractivity contribution in [2.45, 2.75) is 61.3 Å². The van der Waals surface area contributed by atoms with Crippen molar-refractivity contribution in [1.29, 1.82) is 0 Å². The minimum Gasteiger partial charge on any atom is -0.486 e. The summed E-state index contributed by atoms with van der Waals surface area (Å²) in [5, 5.41) is 10.9. The van der Waals surface area contributed by atoms with Crippen LogP contribution in [0.1, 0.15) is 38.3 Å². The lowest BCUT2D eigenvalue weighted by Crippen LogP contribution is -2.41. The Bertz CT molecular complexity index is 1100. The molecular weight excluding hydrogens is 478 g/mol. The molecule has 3 saturated heterocycles. The van der Waals surface area contributed by atoms with Gasteiger partial charge in [-0.05, 0) is 44.1 Å². The van der Waals surface area contributed by atoms with Crippen LogP contribution < -0.4 is 14.5 Å². The van der Waals surface area contributed by atoms with Crippen LogP contribution in [0.2, 0.25) is 0 Å². The maximum Gasteiger partial charge on any atom is 0.175 e. The molecule has 1 N–H and O–H groups in total. The molecule has 0 saturated carbocycles. The monoisotopic (exact) mass is 513 g/mol. The van der Waals surface area contributed by atoms with Gasteiger partial charge in [0.2, 0.25) is 0 Å². The van der Waals surface area contributed by atoms with E-state index in [4.69, 9.17) is 24.2 Å². The summed E-state index contributed by atoms with van der Waals surface area (Å²) >= 11 is 1.51. The molecule has 4 aliphatic rings. The van der Waals surface area contributed by atoms with Gasteiger partial charge in [-0.3, -0.25) is 0 Å². The average Bonchev–Trinajstić information content (AvgIpc) is 3.48. The van der Waals surface area contributed by atoms with E-state index in [0.717, 1.165) is 85.8 Å². The SMILES string of the molecule is COCC1CC2COc3c(Sc4cnc(N5CCC6(CC5)CO[C@@H](C)C6)c(CO)n4)ccnc3N2C1. The van der Waals surface area contributed by atoms with Gasteiger partial charge >= 0.3 is 0 Å². The fourth-order valence-corrected chi connectivity index (χ4v) is 7.19. The standard InChI is InChI=1S/C26H35N5O4S/c1-17-10-26(16-35-17)4-7-30(8-5-26)24-20(13-32)29-22(11-28-24)36-21-3-6-27-25-23(21)34-15-19-9-18(14-33-2)12-31(19)25/h3,6,11,17-19,32H,4-5,7-10,12-16H2,1-2H3/t17-,18?,19?/m0/s1. The van der Waals surface area contributed by atoms with Crippen LogP contribution >= 0.6 is 11.8 Å². The molecule has 6 rings (SSSR count). The Morgan fingerprint density at radius 1 is 1.25 bits per heavy atom. The average molecular weight is 514 g/mol. The van der Waals surface area contributed by atoms with Gasteiger partial charge < -0.3 is 29.1 Å². The van der Waals surface area contributed by atoms with E-state index in [1.807, 2.05) is 18.5 Å². The number of aliphatic hydroxyl groups excluding tert-OH is 1. The minimum absolute atomic E-state index is 0.139. The number of anilines is 2. The smallest absolute Gasteiger partial charge is 0.175 e. The number of methoxy groups -OCH3 is 1. The zero-order valence-electron chi connectivity index (χ0n) is 21.1. The highest BCUT2D eigenvalue weighted by Gasteiger charge is 2.42. The first-order valence-electron chi connectivity index (χ1n) is 13.0. The van der Waals surface area contributed by atoms with E-state index in [2.05, 4.69) is 21.7 Å². The van der Waals surface area contributed by atoms with Crippen molar-refractivity contribution in [1.82, 2.24) is 15.0 Å². The summed E-state index contributed by atoms with van der Waals surface area (Å²) in [6.45, 7) is 7.06. The summed E-state index contributed by atoms with van der Waals surface area (Å²) in [6, 6.07) is 2.31. The molecule has 0 amide bonds. The summed E-state index contributed by atoms with van der Waals surface area (Å²) in [6.07, 6.45) is 8.37. The first kappa shape index (κ1) is 24.2. The van der Waals surface area contributed by atoms with Crippen molar-refractivity contribution in [2.24, 2.45) is 11.3 Å². The highest BCUT2D eigenvalue weighted by atomic mass is 32.2. The summed E-state index contributed by atoms with van der Waals surface area (Å²) < 4.78 is 17.5. The van der Waals surface area contributed by atoms with E-state index in [0.29, 0.717) is 35.8 Å². The summed E-state index contributed by atoms with van der Waals surface area (Å²) in [5.41, 5.74) is 0.925. The molecule has 0 aromatic carbocycles. The molecule has 2 aromatic rings. The summed E-state index contributed by atoms with van der Waals surface area (Å²) in [5.74, 6) is 2.99. The minimum atomic E-state index is -0.139. The largest absolute Gasteiger partial charge is 0.486 e. The quantitative estimate of drug-likeness (QED) is 0.621. The molecule has 0 bridgehead atoms. The number of ether oxygens (including phenoxy) is 3. The van der Waals surface area contributed by atoms with E-state index in [1.165, 1.54) is 11.8 Å². The molecule has 0 radical (unpaired) electrons. The molecule has 1 spiro atoms. The first-order chi connectivity index (χ1) is 17.6. The lowest BCUT2D eigenvalue weighted by Gasteiger charge is -2.39. The Hall–Kier alpha value is -2.14. The predicted octanol–water partition coefficient (Wildman–Crippen LogP) is 3.14. The van der Waals surface area contributed by atoms with Gasteiger partial charge in [0, 0.05) is 38.9 Å². The summed E-state index contributed by atoms with van der Waals surface area (Å²) in [4.78, 5) is 19.8. The number of piperidine rings is 1. The van der Waals surface area contributed by atoms with E-state index in [-0.39, 0.29) is 6.61 Å². The normalized spacial score (nSPS) is 26.7. The third-order valence-electron chi connectivity index (χ3n) is 8.13. The van der Waals surface area contributed by atoms with Gasteiger partial charge in [-0.1, -0.05) is 11.8 Å². The van der Waals surface area contributed by atoms with Crippen molar-refractivity contribution in [2.75, 3.05) is 56.4 Å². The van der Waals surface area contributed by atoms with Gasteiger partial charge in [-0.15, -0.1) is 0 Å². The van der Waals surface area contributed by atoms with Gasteiger partial charge in [0.05, 0.1) is 43.1 Å². The van der Waals surface area contributed by atoms with E-state index in [1.54, 1.807) is 7.11 Å². The molecular formula is C26H35N5O4S. The van der Waals surface area contributed by atoms with Crippen LogP contribution in [0.25, 0.3) is 0 Å². The van der Waals surface area contributed by atoms with Crippen molar-refractivity contribution < 1.29 is 19.3 Å². The number of fused-ring (bicyclic) bond motifs is 3. The van der Waals surface area contributed by atoms with Crippen LogP contribution in [0, 0.1) is 11.3 Å². The highest BCUT2D eigenvalue weighted by Crippen LogP contribution is 2.46. The van der Waals surface area contributed by atoms with Gasteiger partial charge in [-0.25, -0.2) is 15.0 Å². The first-order valence-corrected chi connectivity index (χ1v) is 13.8. The van der Waals surface area contributed by atoms with Gasteiger partial charge in [0.25, 0.3) is 0 Å². The maximum absolute atomic E-state index is 10.1. The van der Waals surface area contributed by atoms with Crippen molar-refractivity contribution in [3.8, 4) is 5.75 Å². The molecule has 10 heteroatoms. The van der Waals surface area contributed by atoms with Crippen LogP contribution in [-0.2, 0) is 16.1 Å². The van der Waals surface area contributed by atoms with Gasteiger partial charge in [-0.2, -0.15) is 0 Å². The third kappa shape index (κ3) is 4.53. The molecule has 36 heavy (non-hydrogen) atoms. The Labute approximate surface area is 216 Å². The second kappa shape index (κ2) is 9.96. The highest BCUT2D eigenvalue weighted by molar-refractivity contribution is 7.99. The number of hydrogen-bond donors (Lipinski definition) is 1. The molecule has 9 nitrogen and oxygen atoms in total. The fourth-order valence-electron chi connectivity index (χ4n) is 6.33. The number of pyridine rings is 1. The van der Waals surface area contributed by atoms with Gasteiger partial charge in [0.1, 0.15) is 17.3 Å². The molecule has 2 unspecified atom stereocenters. The second-order valence-corrected chi connectivity index (χ2v) is 11.7. The van der Waals surface area contributed by atoms with Gasteiger partial charge in [0.15, 0.2) is 17.4 Å². The van der Waals surface area contributed by atoms with Crippen LogP contribution in [0.4, 0.5) is 11.6 Å². The third-order valence-corrected chi connectivity index (χ3v) is 9.08. The maximum atomic E-state index is 10.1. The lowest BCUT2D eigenvalue weighted by molar-refractivity contribution is 0.0975. The topological polar surface area (TPSA) is 93.1 Å². The number of nitrogens with zero attached hydrogens (tertiary/aromatic N) is 5. The van der Waals surface area contributed by atoms with Crippen molar-refractivity contribution in [3.05, 3.63) is 24.2 Å². The Morgan fingerprint density at radius 2 is 2.11 bits per heavy atom. The molecule has 4 aliphatic heterocycles. The van der Waals surface area contributed by atoms with Crippen LogP contribution in [0.5, 0.6) is 5.75 Å². The fraction of sp³-hybridized carbons (Fsp3) is 0.654. The zero-order chi connectivity index (χ0) is 24.7. The van der Waals surface area contributed by atoms with Crippen LogP contribution in [0.3, 0.4) is 0 Å². The Morgan fingerprint density at radius 3 is 2.86 bits per heavy atom. The van der Waals surface area contributed by atoms with Crippen LogP contribution in [0.15, 0.2) is 28.4 Å². The molecule has 194 valence electrons. The Kier molecular flexibility index (Phi) is 6.70. The summed E-state index contributed by atoms with van der Waals surface area (Å²) in [7, 11) is 1.76. The number of hydrogen-bond acceptors (Lipinski definition) is 10. The molecule has 6 heterocycles. The molecule has 2 aromatic heterocycles. The Balaban J connectivity index is 1.18. The molecule has 3 fully saturated rings.